The van der Waals surface area contributed by atoms with Crippen LogP contribution >= 0.6 is 0 Å². The molecule has 0 fully saturated rings. The third-order valence-corrected chi connectivity index (χ3v) is 8.17. The van der Waals surface area contributed by atoms with E-state index in [9.17, 15) is 0 Å². The molecule has 44 heavy (non-hydrogen) atoms. The Balaban J connectivity index is 1.45. The molecule has 8 aromatic rings. The van der Waals surface area contributed by atoms with E-state index in [-0.39, 0.29) is 0 Å². The Morgan fingerprint density at radius 1 is 0.273 bits per heavy atom. The average molecular weight is 563 g/mol. The molecule has 0 spiro atoms. The lowest BCUT2D eigenvalue weighted by Crippen LogP contribution is -1.93. The molecule has 4 aromatic heterocycles. The number of benzene rings is 4. The van der Waals surface area contributed by atoms with Crippen LogP contribution in [0.4, 0.5) is 0 Å². The summed E-state index contributed by atoms with van der Waals surface area (Å²) < 4.78 is 0. The molecule has 4 heteroatoms. The minimum Gasteiger partial charge on any atom is -0.264 e. The SMILES string of the molecule is c1ccc(-c2ccc3c(-c4cncc(-c5cccnc5)c4)c4ccccc4c(-c4cncc(-c5cccnc5)c4)c3c2)cc1. The summed E-state index contributed by atoms with van der Waals surface area (Å²) in [7, 11) is 0. The van der Waals surface area contributed by atoms with E-state index in [0.717, 1.165) is 60.7 Å². The smallest absolute Gasteiger partial charge is 0.0347 e. The van der Waals surface area contributed by atoms with E-state index in [0.29, 0.717) is 0 Å². The Kier molecular flexibility index (Phi) is 6.43. The van der Waals surface area contributed by atoms with E-state index in [1.807, 2.05) is 49.3 Å². The lowest BCUT2D eigenvalue weighted by Gasteiger charge is -2.19. The van der Waals surface area contributed by atoms with E-state index in [4.69, 9.17) is 9.97 Å². The Bertz CT molecular complexity index is 2260. The molecule has 4 nitrogen and oxygen atoms in total. The number of hydrogen-bond donors (Lipinski definition) is 0. The van der Waals surface area contributed by atoms with Gasteiger partial charge < -0.3 is 0 Å². The van der Waals surface area contributed by atoms with Crippen LogP contribution in [-0.4, -0.2) is 19.9 Å². The number of fused-ring (bicyclic) bond motifs is 2. The molecule has 0 saturated carbocycles. The fourth-order valence-corrected chi connectivity index (χ4v) is 6.15. The highest BCUT2D eigenvalue weighted by atomic mass is 14.6. The summed E-state index contributed by atoms with van der Waals surface area (Å²) >= 11 is 0. The van der Waals surface area contributed by atoms with Crippen molar-refractivity contribution in [2.75, 3.05) is 0 Å². The van der Waals surface area contributed by atoms with E-state index >= 15 is 0 Å². The van der Waals surface area contributed by atoms with Gasteiger partial charge in [0.15, 0.2) is 0 Å². The molecule has 0 saturated heterocycles. The van der Waals surface area contributed by atoms with Crippen molar-refractivity contribution in [1.29, 1.82) is 0 Å². The van der Waals surface area contributed by atoms with Crippen LogP contribution in [0.2, 0.25) is 0 Å². The second-order valence-corrected chi connectivity index (χ2v) is 10.8. The van der Waals surface area contributed by atoms with Gasteiger partial charge in [0.05, 0.1) is 0 Å². The molecule has 0 bridgehead atoms. The zero-order chi connectivity index (χ0) is 29.3. The molecule has 0 N–H and O–H groups in total. The third kappa shape index (κ3) is 4.59. The minimum atomic E-state index is 1.03. The highest BCUT2D eigenvalue weighted by Gasteiger charge is 2.19. The summed E-state index contributed by atoms with van der Waals surface area (Å²) in [4.78, 5) is 18.1. The molecule has 8 rings (SSSR count). The van der Waals surface area contributed by atoms with Gasteiger partial charge in [-0.25, -0.2) is 0 Å². The first-order valence-electron chi connectivity index (χ1n) is 14.6. The van der Waals surface area contributed by atoms with Gasteiger partial charge in [0.2, 0.25) is 0 Å². The van der Waals surface area contributed by atoms with Gasteiger partial charge in [-0.1, -0.05) is 78.9 Å². The van der Waals surface area contributed by atoms with E-state index in [1.54, 1.807) is 12.4 Å². The predicted molar refractivity (Wildman–Crippen MR) is 180 cm³/mol. The fourth-order valence-electron chi connectivity index (χ4n) is 6.15. The van der Waals surface area contributed by atoms with Crippen LogP contribution in [-0.2, 0) is 0 Å². The van der Waals surface area contributed by atoms with Crippen LogP contribution in [0.25, 0.3) is 77.2 Å². The second kappa shape index (κ2) is 11.0. The Hall–Kier alpha value is -6.00. The highest BCUT2D eigenvalue weighted by molar-refractivity contribution is 6.22. The van der Waals surface area contributed by atoms with Crippen molar-refractivity contribution in [3.8, 4) is 55.6 Å². The molecule has 0 aliphatic rings. The van der Waals surface area contributed by atoms with Crippen molar-refractivity contribution in [1.82, 2.24) is 19.9 Å². The summed E-state index contributed by atoms with van der Waals surface area (Å²) in [6.07, 6.45) is 15.1. The number of nitrogens with zero attached hydrogens (tertiary/aromatic N) is 4. The van der Waals surface area contributed by atoms with E-state index < -0.39 is 0 Å². The standard InChI is InChI=1S/C40H26N4/c1-2-8-27(9-3-1)28-14-15-37-38(20-28)40(34-19-32(24-44-26-34)30-11-7-17-42-22-30)36-13-5-4-12-35(36)39(37)33-18-31(23-43-25-33)29-10-6-16-41-21-29/h1-26H. The molecule has 4 heterocycles. The van der Waals surface area contributed by atoms with Gasteiger partial charge in [-0.2, -0.15) is 0 Å². The Morgan fingerprint density at radius 3 is 1.32 bits per heavy atom. The normalized spacial score (nSPS) is 11.2. The first-order chi connectivity index (χ1) is 21.8. The number of aromatic nitrogens is 4. The molecule has 0 aliphatic heterocycles. The maximum Gasteiger partial charge on any atom is 0.0347 e. The maximum absolute atomic E-state index is 4.71. The maximum atomic E-state index is 4.71. The zero-order valence-corrected chi connectivity index (χ0v) is 23.8. The molecule has 0 unspecified atom stereocenters. The Labute approximate surface area is 255 Å². The van der Waals surface area contributed by atoms with E-state index in [2.05, 4.69) is 107 Å². The minimum absolute atomic E-state index is 1.03. The molecule has 0 amide bonds. The van der Waals surface area contributed by atoms with Crippen molar-refractivity contribution < 1.29 is 0 Å². The van der Waals surface area contributed by atoms with Gasteiger partial charge in [0.1, 0.15) is 0 Å². The lowest BCUT2D eigenvalue weighted by molar-refractivity contribution is 1.30. The Morgan fingerprint density at radius 2 is 0.750 bits per heavy atom. The number of rotatable bonds is 5. The summed E-state index contributed by atoms with van der Waals surface area (Å²) in [5.74, 6) is 0. The fraction of sp³-hybridized carbons (Fsp3) is 0. The van der Waals surface area contributed by atoms with Crippen molar-refractivity contribution in [2.24, 2.45) is 0 Å². The van der Waals surface area contributed by atoms with Gasteiger partial charge in [-0.15, -0.1) is 0 Å². The van der Waals surface area contributed by atoms with Crippen molar-refractivity contribution in [2.45, 2.75) is 0 Å². The number of hydrogen-bond acceptors (Lipinski definition) is 4. The molecule has 206 valence electrons. The zero-order valence-electron chi connectivity index (χ0n) is 23.8. The molecular weight excluding hydrogens is 536 g/mol. The van der Waals surface area contributed by atoms with Crippen molar-refractivity contribution >= 4 is 21.5 Å². The van der Waals surface area contributed by atoms with Crippen LogP contribution in [0.15, 0.2) is 159 Å². The summed E-state index contributed by atoms with van der Waals surface area (Å²) in [5.41, 5.74) is 10.9. The van der Waals surface area contributed by atoms with Crippen molar-refractivity contribution in [3.05, 3.63) is 159 Å². The monoisotopic (exact) mass is 562 g/mol. The predicted octanol–water partition coefficient (Wildman–Crippen LogP) is 9.91. The van der Waals surface area contributed by atoms with Gasteiger partial charge in [-0.05, 0) is 74.1 Å². The molecule has 0 aliphatic carbocycles. The van der Waals surface area contributed by atoms with Gasteiger partial charge in [-0.3, -0.25) is 19.9 Å². The summed E-state index contributed by atoms with van der Waals surface area (Å²) in [6.45, 7) is 0. The van der Waals surface area contributed by atoms with E-state index in [1.165, 1.54) is 16.5 Å². The van der Waals surface area contributed by atoms with Crippen LogP contribution < -0.4 is 0 Å². The third-order valence-electron chi connectivity index (χ3n) is 8.17. The largest absolute Gasteiger partial charge is 0.264 e. The quantitative estimate of drug-likeness (QED) is 0.196. The van der Waals surface area contributed by atoms with Crippen LogP contribution in [0, 0.1) is 0 Å². The van der Waals surface area contributed by atoms with Crippen LogP contribution in [0.3, 0.4) is 0 Å². The molecular formula is C40H26N4. The first kappa shape index (κ1) is 25.7. The van der Waals surface area contributed by atoms with Crippen LogP contribution in [0.5, 0.6) is 0 Å². The number of pyridine rings is 4. The highest BCUT2D eigenvalue weighted by Crippen LogP contribution is 2.45. The van der Waals surface area contributed by atoms with Gasteiger partial charge in [0.25, 0.3) is 0 Å². The van der Waals surface area contributed by atoms with Gasteiger partial charge in [0, 0.05) is 83.0 Å². The molecule has 0 radical (unpaired) electrons. The average Bonchev–Trinajstić information content (AvgIpc) is 3.11. The van der Waals surface area contributed by atoms with Crippen LogP contribution in [0.1, 0.15) is 0 Å². The molecule has 0 atom stereocenters. The van der Waals surface area contributed by atoms with Gasteiger partial charge >= 0.3 is 0 Å². The lowest BCUT2D eigenvalue weighted by atomic mass is 9.85. The van der Waals surface area contributed by atoms with Crippen molar-refractivity contribution in [3.63, 3.8) is 0 Å². The first-order valence-corrected chi connectivity index (χ1v) is 14.6. The summed E-state index contributed by atoms with van der Waals surface area (Å²) in [5, 5.41) is 4.66. The molecule has 4 aromatic carbocycles. The summed E-state index contributed by atoms with van der Waals surface area (Å²) in [6, 6.07) is 38.5. The topological polar surface area (TPSA) is 51.6 Å². The second-order valence-electron chi connectivity index (χ2n) is 10.8.